The van der Waals surface area contributed by atoms with Gasteiger partial charge in [0.05, 0.1) is 16.5 Å². The van der Waals surface area contributed by atoms with Crippen molar-refractivity contribution >= 4 is 17.0 Å². The molecule has 3 rings (SSSR count). The van der Waals surface area contributed by atoms with Crippen LogP contribution in [0.4, 0.5) is 10.1 Å². The number of benzene rings is 1. The maximum absolute atomic E-state index is 13.7. The fourth-order valence-corrected chi connectivity index (χ4v) is 3.70. The smallest absolute Gasteiger partial charge is 0.274 e. The van der Waals surface area contributed by atoms with Crippen LogP contribution in [-0.2, 0) is 0 Å². The molecule has 2 heterocycles. The molecule has 0 saturated carbocycles. The van der Waals surface area contributed by atoms with Crippen molar-refractivity contribution < 1.29 is 9.31 Å². The first-order valence-corrected chi connectivity index (χ1v) is 7.97. The van der Waals surface area contributed by atoms with Gasteiger partial charge in [0.1, 0.15) is 5.82 Å². The fraction of sp³-hybridized carbons (Fsp3) is 0.333. The van der Waals surface area contributed by atoms with Gasteiger partial charge in [0.2, 0.25) is 0 Å². The summed E-state index contributed by atoms with van der Waals surface area (Å²) in [6.45, 7) is 3.20. The maximum atomic E-state index is 13.7. The number of nitro groups is 1. The molecule has 0 amide bonds. The lowest BCUT2D eigenvalue weighted by Crippen LogP contribution is -2.45. The zero-order chi connectivity index (χ0) is 15.5. The standard InChI is InChI=1S/C15H16FN3O2S/c16-11-3-4-13(19(20)21)12(10-11)15(14-2-1-9-22-14)18-7-5-17-6-8-18/h1-4,9-10,15,17H,5-8H2/t15-/m1/s1. The maximum Gasteiger partial charge on any atom is 0.274 e. The van der Waals surface area contributed by atoms with Crippen LogP contribution in [0.2, 0.25) is 0 Å². The molecule has 1 aliphatic heterocycles. The Balaban J connectivity index is 2.09. The van der Waals surface area contributed by atoms with Crippen LogP contribution in [0.5, 0.6) is 0 Å². The van der Waals surface area contributed by atoms with E-state index in [1.54, 1.807) is 0 Å². The molecule has 5 nitrogen and oxygen atoms in total. The Kier molecular flexibility index (Phi) is 4.47. The van der Waals surface area contributed by atoms with E-state index in [4.69, 9.17) is 0 Å². The van der Waals surface area contributed by atoms with Crippen LogP contribution in [0.1, 0.15) is 16.5 Å². The highest BCUT2D eigenvalue weighted by molar-refractivity contribution is 7.10. The Labute approximate surface area is 131 Å². The number of piperazine rings is 1. The van der Waals surface area contributed by atoms with Gasteiger partial charge >= 0.3 is 0 Å². The van der Waals surface area contributed by atoms with E-state index in [9.17, 15) is 14.5 Å². The van der Waals surface area contributed by atoms with Gasteiger partial charge in [-0.15, -0.1) is 11.3 Å². The molecule has 0 radical (unpaired) electrons. The minimum absolute atomic E-state index is 0.0293. The van der Waals surface area contributed by atoms with Crippen LogP contribution in [0.15, 0.2) is 35.7 Å². The van der Waals surface area contributed by atoms with Gasteiger partial charge in [-0.1, -0.05) is 6.07 Å². The lowest BCUT2D eigenvalue weighted by atomic mass is 10.0. The van der Waals surface area contributed by atoms with E-state index in [2.05, 4.69) is 10.2 Å². The third-order valence-corrected chi connectivity index (χ3v) is 4.74. The minimum Gasteiger partial charge on any atom is -0.314 e. The predicted molar refractivity (Wildman–Crippen MR) is 83.7 cm³/mol. The second-order valence-corrected chi connectivity index (χ2v) is 6.14. The van der Waals surface area contributed by atoms with Crippen molar-refractivity contribution in [2.24, 2.45) is 0 Å². The second-order valence-electron chi connectivity index (χ2n) is 5.16. The Morgan fingerprint density at radius 2 is 2.09 bits per heavy atom. The van der Waals surface area contributed by atoms with Crippen molar-refractivity contribution in [3.05, 3.63) is 62.1 Å². The summed E-state index contributed by atoms with van der Waals surface area (Å²) >= 11 is 1.54. The first-order chi connectivity index (χ1) is 10.7. The Hall–Kier alpha value is -1.83. The minimum atomic E-state index is -0.447. The number of rotatable bonds is 4. The summed E-state index contributed by atoms with van der Waals surface area (Å²) in [5.41, 5.74) is 0.396. The highest BCUT2D eigenvalue weighted by Crippen LogP contribution is 2.37. The molecule has 22 heavy (non-hydrogen) atoms. The molecule has 1 aromatic heterocycles. The molecule has 0 unspecified atom stereocenters. The van der Waals surface area contributed by atoms with Crippen LogP contribution < -0.4 is 5.32 Å². The third kappa shape index (κ3) is 3.01. The second kappa shape index (κ2) is 6.51. The molecular formula is C15H16FN3O2S. The Morgan fingerprint density at radius 3 is 2.73 bits per heavy atom. The van der Waals surface area contributed by atoms with Gasteiger partial charge in [-0.05, 0) is 23.6 Å². The quantitative estimate of drug-likeness (QED) is 0.695. The number of hydrogen-bond acceptors (Lipinski definition) is 5. The van der Waals surface area contributed by atoms with E-state index in [1.807, 2.05) is 17.5 Å². The molecule has 0 aliphatic carbocycles. The van der Waals surface area contributed by atoms with E-state index in [0.717, 1.165) is 37.1 Å². The highest BCUT2D eigenvalue weighted by Gasteiger charge is 2.30. The molecule has 0 bridgehead atoms. The van der Waals surface area contributed by atoms with E-state index in [0.29, 0.717) is 5.56 Å². The monoisotopic (exact) mass is 321 g/mol. The number of hydrogen-bond donors (Lipinski definition) is 1. The Morgan fingerprint density at radius 1 is 1.32 bits per heavy atom. The molecule has 1 aromatic carbocycles. The van der Waals surface area contributed by atoms with Gasteiger partial charge in [-0.2, -0.15) is 0 Å². The van der Waals surface area contributed by atoms with Gasteiger partial charge in [0.15, 0.2) is 0 Å². The highest BCUT2D eigenvalue weighted by atomic mass is 32.1. The van der Waals surface area contributed by atoms with Gasteiger partial charge in [0, 0.05) is 37.1 Å². The molecular weight excluding hydrogens is 305 g/mol. The van der Waals surface area contributed by atoms with E-state index < -0.39 is 10.7 Å². The molecule has 2 aromatic rings. The number of nitro benzene ring substituents is 1. The van der Waals surface area contributed by atoms with Crippen molar-refractivity contribution in [3.63, 3.8) is 0 Å². The van der Waals surface area contributed by atoms with Crippen molar-refractivity contribution in [3.8, 4) is 0 Å². The lowest BCUT2D eigenvalue weighted by molar-refractivity contribution is -0.385. The van der Waals surface area contributed by atoms with Crippen LogP contribution in [0.3, 0.4) is 0 Å². The first kappa shape index (κ1) is 15.1. The number of halogens is 1. The molecule has 1 atom stereocenters. The number of nitrogens with zero attached hydrogens (tertiary/aromatic N) is 2. The summed E-state index contributed by atoms with van der Waals surface area (Å²) in [5, 5.41) is 16.6. The van der Waals surface area contributed by atoms with Crippen LogP contribution in [0, 0.1) is 15.9 Å². The molecule has 7 heteroatoms. The van der Waals surface area contributed by atoms with E-state index in [1.165, 1.54) is 23.5 Å². The summed E-state index contributed by atoms with van der Waals surface area (Å²) in [4.78, 5) is 14.1. The van der Waals surface area contributed by atoms with Gasteiger partial charge in [-0.25, -0.2) is 4.39 Å². The lowest BCUT2D eigenvalue weighted by Gasteiger charge is -2.34. The number of thiophene rings is 1. The zero-order valence-electron chi connectivity index (χ0n) is 11.9. The topological polar surface area (TPSA) is 58.4 Å². The summed E-state index contributed by atoms with van der Waals surface area (Å²) in [7, 11) is 0. The van der Waals surface area contributed by atoms with E-state index in [-0.39, 0.29) is 11.7 Å². The first-order valence-electron chi connectivity index (χ1n) is 7.09. The van der Waals surface area contributed by atoms with Gasteiger partial charge < -0.3 is 5.32 Å². The fourth-order valence-electron chi connectivity index (χ4n) is 2.83. The van der Waals surface area contributed by atoms with Crippen molar-refractivity contribution in [2.75, 3.05) is 26.2 Å². The van der Waals surface area contributed by atoms with Crippen molar-refractivity contribution in [1.82, 2.24) is 10.2 Å². The number of nitrogens with one attached hydrogen (secondary N) is 1. The third-order valence-electron chi connectivity index (χ3n) is 3.81. The average Bonchev–Trinajstić information content (AvgIpc) is 3.02. The van der Waals surface area contributed by atoms with Crippen molar-refractivity contribution in [1.29, 1.82) is 0 Å². The van der Waals surface area contributed by atoms with Crippen LogP contribution in [-0.4, -0.2) is 36.0 Å². The molecule has 1 aliphatic rings. The Bertz CT molecular complexity index is 657. The molecule has 0 spiro atoms. The molecule has 1 fully saturated rings. The summed E-state index contributed by atoms with van der Waals surface area (Å²) in [6.07, 6.45) is 0. The van der Waals surface area contributed by atoms with Crippen molar-refractivity contribution in [2.45, 2.75) is 6.04 Å². The molecule has 116 valence electrons. The summed E-state index contributed by atoms with van der Waals surface area (Å²) in [6, 6.07) is 7.29. The molecule has 1 N–H and O–H groups in total. The SMILES string of the molecule is O=[N+]([O-])c1ccc(F)cc1[C@H](c1cccs1)N1CCNCC1. The van der Waals surface area contributed by atoms with E-state index >= 15 is 0 Å². The van der Waals surface area contributed by atoms with Gasteiger partial charge in [0.25, 0.3) is 5.69 Å². The average molecular weight is 321 g/mol. The van der Waals surface area contributed by atoms with Gasteiger partial charge in [-0.3, -0.25) is 15.0 Å². The van der Waals surface area contributed by atoms with Crippen LogP contribution in [0.25, 0.3) is 0 Å². The largest absolute Gasteiger partial charge is 0.314 e. The predicted octanol–water partition coefficient (Wildman–Crippen LogP) is 2.79. The summed E-state index contributed by atoms with van der Waals surface area (Å²) in [5.74, 6) is -0.447. The van der Waals surface area contributed by atoms with Crippen LogP contribution >= 0.6 is 11.3 Å². The summed E-state index contributed by atoms with van der Waals surface area (Å²) < 4.78 is 13.7. The molecule has 1 saturated heterocycles. The normalized spacial score (nSPS) is 17.3. The zero-order valence-corrected chi connectivity index (χ0v) is 12.7.